The van der Waals surface area contributed by atoms with E-state index in [-0.39, 0.29) is 56.3 Å². The Morgan fingerprint density at radius 2 is 1.58 bits per heavy atom. The van der Waals surface area contributed by atoms with Crippen molar-refractivity contribution in [1.82, 2.24) is 0 Å². The molecular formula is C6H4ClKO3S. The minimum atomic E-state index is -4.33. The molecule has 0 aliphatic rings. The van der Waals surface area contributed by atoms with E-state index in [1.165, 1.54) is 24.3 Å². The average molecular weight is 231 g/mol. The van der Waals surface area contributed by atoms with Gasteiger partial charge in [-0.3, -0.25) is 0 Å². The van der Waals surface area contributed by atoms with Crippen LogP contribution in [0.1, 0.15) is 0 Å². The van der Waals surface area contributed by atoms with Crippen LogP contribution in [-0.2, 0) is 10.1 Å². The van der Waals surface area contributed by atoms with Gasteiger partial charge in [-0.2, -0.15) is 0 Å². The molecule has 1 rings (SSSR count). The second-order valence-electron chi connectivity index (χ2n) is 1.91. The SMILES string of the molecule is O=S(=O)([O-])c1ccc(Cl)cc1.[K+]. The fourth-order valence-corrected chi connectivity index (χ4v) is 1.20. The van der Waals surface area contributed by atoms with E-state index >= 15 is 0 Å². The van der Waals surface area contributed by atoms with Gasteiger partial charge >= 0.3 is 51.4 Å². The van der Waals surface area contributed by atoms with Crippen LogP contribution >= 0.6 is 11.6 Å². The molecule has 0 aliphatic carbocycles. The molecule has 0 aromatic heterocycles. The van der Waals surface area contributed by atoms with Crippen molar-refractivity contribution in [3.05, 3.63) is 29.3 Å². The first-order valence-electron chi connectivity index (χ1n) is 2.71. The molecule has 0 bridgehead atoms. The van der Waals surface area contributed by atoms with E-state index in [2.05, 4.69) is 0 Å². The molecule has 0 saturated heterocycles. The van der Waals surface area contributed by atoms with Gasteiger partial charge in [-0.1, -0.05) is 11.6 Å². The van der Waals surface area contributed by atoms with Crippen molar-refractivity contribution >= 4 is 21.7 Å². The first-order valence-corrected chi connectivity index (χ1v) is 4.50. The molecule has 0 fully saturated rings. The summed E-state index contributed by atoms with van der Waals surface area (Å²) in [6, 6.07) is 5.05. The van der Waals surface area contributed by atoms with E-state index in [1.807, 2.05) is 0 Å². The third kappa shape index (κ3) is 3.84. The van der Waals surface area contributed by atoms with Gasteiger partial charge in [-0.15, -0.1) is 0 Å². The third-order valence-electron chi connectivity index (χ3n) is 1.10. The predicted octanol–water partition coefficient (Wildman–Crippen LogP) is -1.75. The van der Waals surface area contributed by atoms with E-state index < -0.39 is 10.1 Å². The summed E-state index contributed by atoms with van der Waals surface area (Å²) in [5, 5.41) is 0.400. The number of halogens is 1. The average Bonchev–Trinajstić information content (AvgIpc) is 1.86. The summed E-state index contributed by atoms with van der Waals surface area (Å²) in [4.78, 5) is -0.262. The van der Waals surface area contributed by atoms with Gasteiger partial charge in [-0.25, -0.2) is 8.42 Å². The molecule has 12 heavy (non-hydrogen) atoms. The molecule has 0 aliphatic heterocycles. The van der Waals surface area contributed by atoms with Gasteiger partial charge in [0.05, 0.1) is 4.90 Å². The molecule has 0 heterocycles. The van der Waals surface area contributed by atoms with Gasteiger partial charge in [0.1, 0.15) is 10.1 Å². The topological polar surface area (TPSA) is 57.2 Å². The zero-order valence-corrected chi connectivity index (χ0v) is 11.0. The molecule has 1 aromatic carbocycles. The van der Waals surface area contributed by atoms with E-state index in [4.69, 9.17) is 11.6 Å². The van der Waals surface area contributed by atoms with Crippen molar-refractivity contribution in [2.45, 2.75) is 4.90 Å². The number of hydrogen-bond acceptors (Lipinski definition) is 3. The molecule has 0 radical (unpaired) electrons. The molecule has 0 N–H and O–H groups in total. The second-order valence-corrected chi connectivity index (χ2v) is 3.72. The summed E-state index contributed by atoms with van der Waals surface area (Å²) in [6.07, 6.45) is 0. The van der Waals surface area contributed by atoms with Gasteiger partial charge in [0.2, 0.25) is 0 Å². The third-order valence-corrected chi connectivity index (χ3v) is 2.20. The molecule has 0 amide bonds. The number of benzene rings is 1. The van der Waals surface area contributed by atoms with Crippen LogP contribution in [0.4, 0.5) is 0 Å². The van der Waals surface area contributed by atoms with Crippen LogP contribution in [-0.4, -0.2) is 13.0 Å². The summed E-state index contributed by atoms with van der Waals surface area (Å²) in [6.45, 7) is 0. The number of rotatable bonds is 1. The molecule has 0 saturated carbocycles. The van der Waals surface area contributed by atoms with Crippen LogP contribution < -0.4 is 51.4 Å². The predicted molar refractivity (Wildman–Crippen MR) is 39.4 cm³/mol. The molecule has 60 valence electrons. The Hall–Kier alpha value is 1.06. The summed E-state index contributed by atoms with van der Waals surface area (Å²) < 4.78 is 31.0. The minimum Gasteiger partial charge on any atom is -0.744 e. The van der Waals surface area contributed by atoms with Crippen LogP contribution in [0.2, 0.25) is 5.02 Å². The molecule has 0 atom stereocenters. The van der Waals surface area contributed by atoms with Crippen LogP contribution in [0, 0.1) is 0 Å². The maximum atomic E-state index is 10.3. The number of hydrogen-bond donors (Lipinski definition) is 0. The monoisotopic (exact) mass is 230 g/mol. The van der Waals surface area contributed by atoms with E-state index in [0.29, 0.717) is 5.02 Å². The fraction of sp³-hybridized carbons (Fsp3) is 0. The van der Waals surface area contributed by atoms with E-state index in [1.54, 1.807) is 0 Å². The summed E-state index contributed by atoms with van der Waals surface area (Å²) >= 11 is 5.46. The zero-order chi connectivity index (χ0) is 8.48. The van der Waals surface area contributed by atoms with Gasteiger partial charge in [-0.05, 0) is 24.3 Å². The van der Waals surface area contributed by atoms with Crippen LogP contribution in [0.3, 0.4) is 0 Å². The Kier molecular flexibility index (Phi) is 5.51. The first-order chi connectivity index (χ1) is 5.00. The van der Waals surface area contributed by atoms with Gasteiger partial charge in [0.15, 0.2) is 0 Å². The minimum absolute atomic E-state index is 0. The first kappa shape index (κ1) is 13.1. The molecule has 0 spiro atoms. The van der Waals surface area contributed by atoms with Gasteiger partial charge in [0, 0.05) is 5.02 Å². The Labute approximate surface area is 118 Å². The molecule has 6 heteroatoms. The largest absolute Gasteiger partial charge is 1.00 e. The molecule has 0 unspecified atom stereocenters. The zero-order valence-electron chi connectivity index (χ0n) is 6.32. The van der Waals surface area contributed by atoms with Crippen molar-refractivity contribution in [3.63, 3.8) is 0 Å². The van der Waals surface area contributed by atoms with Gasteiger partial charge in [0.25, 0.3) is 0 Å². The molecular weight excluding hydrogens is 227 g/mol. The molecule has 1 aromatic rings. The Morgan fingerprint density at radius 1 is 1.17 bits per heavy atom. The van der Waals surface area contributed by atoms with Crippen molar-refractivity contribution in [3.8, 4) is 0 Å². The van der Waals surface area contributed by atoms with E-state index in [9.17, 15) is 13.0 Å². The maximum Gasteiger partial charge on any atom is 1.00 e. The Morgan fingerprint density at radius 3 is 1.92 bits per heavy atom. The quantitative estimate of drug-likeness (QED) is 0.425. The summed E-state index contributed by atoms with van der Waals surface area (Å²) in [5.74, 6) is 0. The standard InChI is InChI=1S/C6H5ClO3S.K/c7-5-1-3-6(4-2-5)11(8,9)10;/h1-4H,(H,8,9,10);/q;+1/p-1. The van der Waals surface area contributed by atoms with Crippen LogP contribution in [0.25, 0.3) is 0 Å². The Balaban J connectivity index is 0.00000121. The van der Waals surface area contributed by atoms with Crippen molar-refractivity contribution in [1.29, 1.82) is 0 Å². The Bertz CT molecular complexity index is 346. The van der Waals surface area contributed by atoms with Crippen molar-refractivity contribution < 1.29 is 64.4 Å². The van der Waals surface area contributed by atoms with Crippen molar-refractivity contribution in [2.75, 3.05) is 0 Å². The van der Waals surface area contributed by atoms with Crippen LogP contribution in [0.5, 0.6) is 0 Å². The summed E-state index contributed by atoms with van der Waals surface area (Å²) in [5.41, 5.74) is 0. The van der Waals surface area contributed by atoms with Gasteiger partial charge < -0.3 is 4.55 Å². The second kappa shape index (κ2) is 5.07. The normalized spacial score (nSPS) is 10.5. The summed E-state index contributed by atoms with van der Waals surface area (Å²) in [7, 11) is -4.33. The molecule has 3 nitrogen and oxygen atoms in total. The van der Waals surface area contributed by atoms with Crippen molar-refractivity contribution in [2.24, 2.45) is 0 Å². The fourth-order valence-electron chi connectivity index (χ4n) is 0.601. The smallest absolute Gasteiger partial charge is 0.744 e. The van der Waals surface area contributed by atoms with E-state index in [0.717, 1.165) is 0 Å². The maximum absolute atomic E-state index is 10.3. The van der Waals surface area contributed by atoms with Crippen LogP contribution in [0.15, 0.2) is 29.2 Å².